The molecule has 0 bridgehead atoms. The molecule has 2 heterocycles. The minimum absolute atomic E-state index is 0.185. The predicted octanol–water partition coefficient (Wildman–Crippen LogP) is 1.23. The van der Waals surface area contributed by atoms with Crippen molar-refractivity contribution >= 4 is 29.6 Å². The molecule has 3 atom stereocenters. The number of carboxylic acids is 1. The normalized spacial score (nSPS) is 26.2. The van der Waals surface area contributed by atoms with Gasteiger partial charge in [-0.3, -0.25) is 4.79 Å². The molecule has 1 aromatic carbocycles. The third kappa shape index (κ3) is 3.80. The van der Waals surface area contributed by atoms with Crippen LogP contribution in [-0.4, -0.2) is 63.8 Å². The number of methoxy groups -OCH3 is 1. The van der Waals surface area contributed by atoms with Crippen molar-refractivity contribution in [2.45, 2.75) is 36.1 Å². The van der Waals surface area contributed by atoms with Crippen molar-refractivity contribution in [3.63, 3.8) is 0 Å². The van der Waals surface area contributed by atoms with E-state index in [0.717, 1.165) is 0 Å². The highest BCUT2D eigenvalue weighted by atomic mass is 32.2. The molecule has 0 spiro atoms. The fraction of sp³-hybridized carbons (Fsp3) is 0.421. The first kappa shape index (κ1) is 20.1. The molecule has 1 amide bonds. The van der Waals surface area contributed by atoms with Crippen molar-refractivity contribution < 1.29 is 29.0 Å². The number of rotatable bonds is 6. The molecule has 9 heteroatoms. The topological polar surface area (TPSA) is 105 Å². The highest BCUT2D eigenvalue weighted by Gasteiger charge is 2.61. The van der Waals surface area contributed by atoms with E-state index < -0.39 is 28.8 Å². The lowest BCUT2D eigenvalue weighted by Crippen LogP contribution is -2.65. The molecule has 0 unspecified atom stereocenters. The van der Waals surface area contributed by atoms with Gasteiger partial charge in [-0.25, -0.2) is 9.59 Å². The second-order valence-corrected chi connectivity index (χ2v) is 8.77. The summed E-state index contributed by atoms with van der Waals surface area (Å²) >= 11 is 1.45. The van der Waals surface area contributed by atoms with E-state index >= 15 is 0 Å². The number of ether oxygens (including phenoxy) is 2. The van der Waals surface area contributed by atoms with Crippen LogP contribution in [0.2, 0.25) is 0 Å². The third-order valence-electron chi connectivity index (χ3n) is 4.67. The van der Waals surface area contributed by atoms with Gasteiger partial charge in [0.15, 0.2) is 6.61 Å². The van der Waals surface area contributed by atoms with Crippen LogP contribution >= 0.6 is 11.8 Å². The monoisotopic (exact) mass is 406 g/mol. The zero-order valence-electron chi connectivity index (χ0n) is 15.7. The Labute approximate surface area is 166 Å². The molecule has 0 saturated carbocycles. The molecule has 0 aliphatic carbocycles. The molecular weight excluding hydrogens is 384 g/mol. The van der Waals surface area contributed by atoms with Crippen molar-refractivity contribution in [1.82, 2.24) is 10.2 Å². The van der Waals surface area contributed by atoms with E-state index in [9.17, 15) is 19.5 Å². The van der Waals surface area contributed by atoms with Crippen LogP contribution in [0.15, 0.2) is 42.1 Å². The van der Waals surface area contributed by atoms with Crippen LogP contribution in [0.4, 0.5) is 0 Å². The fourth-order valence-corrected chi connectivity index (χ4v) is 5.12. The van der Waals surface area contributed by atoms with Gasteiger partial charge in [-0.05, 0) is 26.0 Å². The number of carboxylic acid groups (broad SMARTS) is 1. The fourth-order valence-electron chi connectivity index (χ4n) is 3.45. The maximum Gasteiger partial charge on any atom is 0.332 e. The van der Waals surface area contributed by atoms with Crippen molar-refractivity contribution in [3.8, 4) is 5.75 Å². The molecule has 2 fully saturated rings. The zero-order chi connectivity index (χ0) is 20.5. The largest absolute Gasteiger partial charge is 0.484 e. The van der Waals surface area contributed by atoms with E-state index in [2.05, 4.69) is 10.1 Å². The minimum atomic E-state index is -0.979. The van der Waals surface area contributed by atoms with Gasteiger partial charge in [0, 0.05) is 16.5 Å². The summed E-state index contributed by atoms with van der Waals surface area (Å²) in [6, 6.07) is 7.63. The number of para-hydroxylation sites is 1. The second kappa shape index (κ2) is 7.75. The average Bonchev–Trinajstić information content (AvgIpc) is 2.91. The Hall–Kier alpha value is -2.68. The lowest BCUT2D eigenvalue weighted by atomic mass is 9.93. The Bertz CT molecular complexity index is 810. The molecule has 8 nitrogen and oxygen atoms in total. The number of thioether (sulfide) groups is 1. The molecule has 2 saturated heterocycles. The Morgan fingerprint density at radius 3 is 2.57 bits per heavy atom. The molecule has 2 aliphatic heterocycles. The Morgan fingerprint density at radius 1 is 1.29 bits per heavy atom. The third-order valence-corrected chi connectivity index (χ3v) is 6.24. The van der Waals surface area contributed by atoms with E-state index in [0.29, 0.717) is 11.4 Å². The second-order valence-electron chi connectivity index (χ2n) is 7.00. The Morgan fingerprint density at radius 2 is 1.96 bits per heavy atom. The van der Waals surface area contributed by atoms with Gasteiger partial charge in [-0.15, -0.1) is 11.8 Å². The van der Waals surface area contributed by atoms with E-state index in [1.165, 1.54) is 24.9 Å². The van der Waals surface area contributed by atoms with Gasteiger partial charge in [0.1, 0.15) is 17.2 Å². The Balaban J connectivity index is 1.74. The predicted molar refractivity (Wildman–Crippen MR) is 103 cm³/mol. The number of aliphatic carboxylic acids is 1. The van der Waals surface area contributed by atoms with Crippen LogP contribution < -0.4 is 10.1 Å². The van der Waals surface area contributed by atoms with Crippen molar-refractivity contribution in [3.05, 3.63) is 42.1 Å². The van der Waals surface area contributed by atoms with Gasteiger partial charge in [-0.2, -0.15) is 0 Å². The van der Waals surface area contributed by atoms with Crippen LogP contribution in [0.3, 0.4) is 0 Å². The van der Waals surface area contributed by atoms with Gasteiger partial charge in [-0.1, -0.05) is 18.2 Å². The SMILES string of the molecule is COC(=O)/C=C1/[C@@H](NC(=O)COc2ccccc2)[C@H]2SC(C)(C)[C@H](C(=O)O)N12. The van der Waals surface area contributed by atoms with Gasteiger partial charge in [0.25, 0.3) is 5.91 Å². The number of carbonyl (C=O) groups is 3. The number of esters is 1. The summed E-state index contributed by atoms with van der Waals surface area (Å²) in [6.45, 7) is 3.49. The average molecular weight is 406 g/mol. The van der Waals surface area contributed by atoms with Crippen LogP contribution in [0.5, 0.6) is 5.75 Å². The Kier molecular flexibility index (Phi) is 5.55. The summed E-state index contributed by atoms with van der Waals surface area (Å²) in [5.41, 5.74) is 0.426. The van der Waals surface area contributed by atoms with E-state index in [1.54, 1.807) is 29.2 Å². The highest BCUT2D eigenvalue weighted by Crippen LogP contribution is 2.54. The van der Waals surface area contributed by atoms with Crippen molar-refractivity contribution in [2.75, 3.05) is 13.7 Å². The maximum absolute atomic E-state index is 12.4. The quantitative estimate of drug-likeness (QED) is 0.537. The minimum Gasteiger partial charge on any atom is -0.484 e. The number of nitrogens with one attached hydrogen (secondary N) is 1. The smallest absolute Gasteiger partial charge is 0.332 e. The highest BCUT2D eigenvalue weighted by molar-refractivity contribution is 8.01. The number of benzene rings is 1. The first-order valence-corrected chi connectivity index (χ1v) is 9.58. The van der Waals surface area contributed by atoms with Crippen LogP contribution in [-0.2, 0) is 19.1 Å². The van der Waals surface area contributed by atoms with Crippen LogP contribution in [0.1, 0.15) is 13.8 Å². The standard InChI is InChI=1S/C19H22N2O6S/c1-19(2)16(18(24)25)21-12(9-14(23)26-3)15(17(21)28-19)20-13(22)10-27-11-7-5-4-6-8-11/h4-9,15-17H,10H2,1-3H3,(H,20,22)(H,24,25)/b12-9-/t15-,16+,17-/m1/s1. The molecule has 3 rings (SSSR count). The molecule has 1 aromatic rings. The molecule has 0 aromatic heterocycles. The molecule has 2 N–H and O–H groups in total. The lowest BCUT2D eigenvalue weighted by molar-refractivity contribution is -0.145. The van der Waals surface area contributed by atoms with Crippen molar-refractivity contribution in [2.24, 2.45) is 0 Å². The molecule has 28 heavy (non-hydrogen) atoms. The van der Waals surface area contributed by atoms with Crippen LogP contribution in [0, 0.1) is 0 Å². The number of nitrogens with zero attached hydrogens (tertiary/aromatic N) is 1. The summed E-state index contributed by atoms with van der Waals surface area (Å²) in [6.07, 6.45) is 1.23. The van der Waals surface area contributed by atoms with E-state index in [4.69, 9.17) is 4.74 Å². The number of hydrogen-bond donors (Lipinski definition) is 2. The first-order valence-electron chi connectivity index (χ1n) is 8.70. The number of amides is 1. The van der Waals surface area contributed by atoms with E-state index in [1.807, 2.05) is 19.9 Å². The van der Waals surface area contributed by atoms with Crippen molar-refractivity contribution in [1.29, 1.82) is 0 Å². The number of carbonyl (C=O) groups excluding carboxylic acids is 2. The number of fused-ring (bicyclic) bond motifs is 1. The molecule has 0 radical (unpaired) electrons. The summed E-state index contributed by atoms with van der Waals surface area (Å²) in [5, 5.41) is 12.2. The zero-order valence-corrected chi connectivity index (χ0v) is 16.6. The molecule has 150 valence electrons. The maximum atomic E-state index is 12.4. The summed E-state index contributed by atoms with van der Waals surface area (Å²) in [4.78, 5) is 37.6. The van der Waals surface area contributed by atoms with Gasteiger partial charge >= 0.3 is 11.9 Å². The van der Waals surface area contributed by atoms with Crippen LogP contribution in [0.25, 0.3) is 0 Å². The first-order chi connectivity index (χ1) is 13.2. The molecule has 2 aliphatic rings. The molecular formula is C19H22N2O6S. The summed E-state index contributed by atoms with van der Waals surface area (Å²) in [5.74, 6) is -1.37. The lowest BCUT2D eigenvalue weighted by Gasteiger charge is -2.48. The van der Waals surface area contributed by atoms with Gasteiger partial charge < -0.3 is 24.8 Å². The summed E-state index contributed by atoms with van der Waals surface area (Å²) < 4.78 is 9.54. The van der Waals surface area contributed by atoms with Gasteiger partial charge in [0.05, 0.1) is 13.2 Å². The number of hydrogen-bond acceptors (Lipinski definition) is 7. The van der Waals surface area contributed by atoms with E-state index in [-0.39, 0.29) is 17.9 Å². The summed E-state index contributed by atoms with van der Waals surface area (Å²) in [7, 11) is 1.24. The van der Waals surface area contributed by atoms with Gasteiger partial charge in [0.2, 0.25) is 0 Å².